The van der Waals surface area contributed by atoms with Crippen LogP contribution in [0.2, 0.25) is 5.02 Å². The van der Waals surface area contributed by atoms with Gasteiger partial charge < -0.3 is 4.74 Å². The molecule has 2 aromatic rings. The molecule has 0 spiro atoms. The Kier molecular flexibility index (Phi) is 6.29. The zero-order chi connectivity index (χ0) is 19.6. The molecule has 7 heteroatoms. The standard InChI is InChI=1S/C20H17BrClNO3S/c1-12(2)26-17-7-6-13(9-16(17)21)10-18-19(24)23(20(25)27-18)11-14-4-3-5-15(22)8-14/h3-10,12H,11H2,1-2H3/b18-10-. The van der Waals surface area contributed by atoms with E-state index in [1.807, 2.05) is 38.1 Å². The second-order valence-corrected chi connectivity index (χ2v) is 8.54. The molecule has 0 unspecified atom stereocenters. The highest BCUT2D eigenvalue weighted by Crippen LogP contribution is 2.35. The fourth-order valence-corrected chi connectivity index (χ4v) is 4.10. The average molecular weight is 467 g/mol. The van der Waals surface area contributed by atoms with Crippen molar-refractivity contribution in [2.45, 2.75) is 26.5 Å². The molecule has 0 bridgehead atoms. The number of amides is 2. The van der Waals surface area contributed by atoms with Crippen LogP contribution in [0.15, 0.2) is 51.8 Å². The maximum Gasteiger partial charge on any atom is 0.293 e. The van der Waals surface area contributed by atoms with Gasteiger partial charge in [-0.05, 0) is 83.0 Å². The summed E-state index contributed by atoms with van der Waals surface area (Å²) in [4.78, 5) is 26.6. The monoisotopic (exact) mass is 465 g/mol. The molecule has 1 heterocycles. The van der Waals surface area contributed by atoms with Gasteiger partial charge in [-0.2, -0.15) is 0 Å². The van der Waals surface area contributed by atoms with Crippen LogP contribution in [0.4, 0.5) is 4.79 Å². The number of benzene rings is 2. The predicted molar refractivity (Wildman–Crippen MR) is 113 cm³/mol. The Morgan fingerprint density at radius 1 is 1.22 bits per heavy atom. The van der Waals surface area contributed by atoms with Gasteiger partial charge in [-0.25, -0.2) is 0 Å². The molecule has 4 nitrogen and oxygen atoms in total. The van der Waals surface area contributed by atoms with Gasteiger partial charge in [0.25, 0.3) is 11.1 Å². The number of carbonyl (C=O) groups is 2. The van der Waals surface area contributed by atoms with E-state index in [1.165, 1.54) is 4.90 Å². The highest BCUT2D eigenvalue weighted by atomic mass is 79.9. The number of nitrogens with zero attached hydrogens (tertiary/aromatic N) is 1. The van der Waals surface area contributed by atoms with Crippen molar-refractivity contribution in [3.8, 4) is 5.75 Å². The van der Waals surface area contributed by atoms with E-state index < -0.39 is 0 Å². The molecule has 0 saturated carbocycles. The average Bonchev–Trinajstić information content (AvgIpc) is 2.85. The topological polar surface area (TPSA) is 46.6 Å². The number of carbonyl (C=O) groups excluding carboxylic acids is 2. The van der Waals surface area contributed by atoms with Crippen LogP contribution in [0, 0.1) is 0 Å². The Balaban J connectivity index is 1.79. The molecule has 1 fully saturated rings. The lowest BCUT2D eigenvalue weighted by atomic mass is 10.2. The molecule has 2 aromatic carbocycles. The Morgan fingerprint density at radius 2 is 2.00 bits per heavy atom. The van der Waals surface area contributed by atoms with Gasteiger partial charge in [0.2, 0.25) is 0 Å². The van der Waals surface area contributed by atoms with Gasteiger partial charge in [-0.15, -0.1) is 0 Å². The second-order valence-electron chi connectivity index (χ2n) is 6.25. The number of halogens is 2. The number of ether oxygens (including phenoxy) is 1. The first-order valence-electron chi connectivity index (χ1n) is 8.29. The first-order chi connectivity index (χ1) is 12.8. The number of rotatable bonds is 5. The zero-order valence-electron chi connectivity index (χ0n) is 14.7. The lowest BCUT2D eigenvalue weighted by Gasteiger charge is -2.12. The molecule has 1 saturated heterocycles. The van der Waals surface area contributed by atoms with E-state index in [1.54, 1.807) is 24.3 Å². The maximum atomic E-state index is 12.7. The molecular formula is C20H17BrClNO3S. The Labute approximate surface area is 175 Å². The predicted octanol–water partition coefficient (Wildman–Crippen LogP) is 6.13. The fourth-order valence-electron chi connectivity index (χ4n) is 2.56. The minimum Gasteiger partial charge on any atom is -0.490 e. The SMILES string of the molecule is CC(C)Oc1ccc(/C=C2\SC(=O)N(Cc3cccc(Cl)c3)C2=O)cc1Br. The summed E-state index contributed by atoms with van der Waals surface area (Å²) in [6.07, 6.45) is 1.78. The summed E-state index contributed by atoms with van der Waals surface area (Å²) in [5.41, 5.74) is 1.62. The van der Waals surface area contributed by atoms with Crippen LogP contribution in [0.25, 0.3) is 6.08 Å². The number of imide groups is 1. The van der Waals surface area contributed by atoms with Crippen LogP contribution in [0.3, 0.4) is 0 Å². The van der Waals surface area contributed by atoms with Gasteiger partial charge in [0, 0.05) is 5.02 Å². The highest BCUT2D eigenvalue weighted by Gasteiger charge is 2.35. The van der Waals surface area contributed by atoms with E-state index in [2.05, 4.69) is 15.9 Å². The van der Waals surface area contributed by atoms with Crippen LogP contribution in [-0.4, -0.2) is 22.2 Å². The van der Waals surface area contributed by atoms with Gasteiger partial charge in [0.15, 0.2) is 0 Å². The second kappa shape index (κ2) is 8.50. The van der Waals surface area contributed by atoms with Crippen LogP contribution in [0.5, 0.6) is 5.75 Å². The minimum atomic E-state index is -0.302. The normalized spacial score (nSPS) is 15.9. The van der Waals surface area contributed by atoms with Crippen molar-refractivity contribution in [2.24, 2.45) is 0 Å². The quantitative estimate of drug-likeness (QED) is 0.498. The summed E-state index contributed by atoms with van der Waals surface area (Å²) in [5, 5.41) is 0.286. The van der Waals surface area contributed by atoms with Gasteiger partial charge in [0.1, 0.15) is 5.75 Å². The third-order valence-corrected chi connectivity index (χ3v) is 5.48. The number of hydrogen-bond donors (Lipinski definition) is 0. The van der Waals surface area contributed by atoms with E-state index >= 15 is 0 Å². The largest absolute Gasteiger partial charge is 0.490 e. The summed E-state index contributed by atoms with van der Waals surface area (Å²) < 4.78 is 6.48. The summed E-state index contributed by atoms with van der Waals surface area (Å²) >= 11 is 10.4. The van der Waals surface area contributed by atoms with Crippen LogP contribution < -0.4 is 4.74 Å². The van der Waals surface area contributed by atoms with Crippen molar-refractivity contribution in [3.05, 3.63) is 68.0 Å². The molecule has 0 aliphatic carbocycles. The zero-order valence-corrected chi connectivity index (χ0v) is 17.9. The van der Waals surface area contributed by atoms with E-state index in [0.29, 0.717) is 9.93 Å². The van der Waals surface area contributed by atoms with Crippen LogP contribution in [-0.2, 0) is 11.3 Å². The molecule has 0 aromatic heterocycles. The molecular weight excluding hydrogens is 450 g/mol. The highest BCUT2D eigenvalue weighted by molar-refractivity contribution is 9.10. The van der Waals surface area contributed by atoms with E-state index in [-0.39, 0.29) is 23.8 Å². The van der Waals surface area contributed by atoms with Crippen molar-refractivity contribution >= 4 is 56.5 Å². The van der Waals surface area contributed by atoms with Crippen molar-refractivity contribution in [1.82, 2.24) is 4.90 Å². The fraction of sp³-hybridized carbons (Fsp3) is 0.200. The molecule has 0 radical (unpaired) electrons. The first kappa shape index (κ1) is 20.0. The van der Waals surface area contributed by atoms with Gasteiger partial charge in [-0.3, -0.25) is 14.5 Å². The van der Waals surface area contributed by atoms with Gasteiger partial charge >= 0.3 is 0 Å². The molecule has 140 valence electrons. The smallest absolute Gasteiger partial charge is 0.293 e. The molecule has 3 rings (SSSR count). The Hall–Kier alpha value is -1.76. The summed E-state index contributed by atoms with van der Waals surface area (Å²) in [6, 6.07) is 12.7. The summed E-state index contributed by atoms with van der Waals surface area (Å²) in [7, 11) is 0. The maximum absolute atomic E-state index is 12.7. The minimum absolute atomic E-state index is 0.0649. The third kappa shape index (κ3) is 4.94. The van der Waals surface area contributed by atoms with Crippen molar-refractivity contribution in [1.29, 1.82) is 0 Å². The van der Waals surface area contributed by atoms with Crippen molar-refractivity contribution < 1.29 is 14.3 Å². The van der Waals surface area contributed by atoms with E-state index in [0.717, 1.165) is 33.1 Å². The number of hydrogen-bond acceptors (Lipinski definition) is 4. The molecule has 0 atom stereocenters. The first-order valence-corrected chi connectivity index (χ1v) is 10.3. The van der Waals surface area contributed by atoms with Crippen LogP contribution >= 0.6 is 39.3 Å². The molecule has 1 aliphatic rings. The Bertz CT molecular complexity index is 929. The lowest BCUT2D eigenvalue weighted by Crippen LogP contribution is -2.27. The lowest BCUT2D eigenvalue weighted by molar-refractivity contribution is -0.123. The van der Waals surface area contributed by atoms with E-state index in [4.69, 9.17) is 16.3 Å². The van der Waals surface area contributed by atoms with Crippen molar-refractivity contribution in [3.63, 3.8) is 0 Å². The molecule has 1 aliphatic heterocycles. The molecule has 2 amide bonds. The van der Waals surface area contributed by atoms with Gasteiger partial charge in [-0.1, -0.05) is 29.8 Å². The summed E-state index contributed by atoms with van der Waals surface area (Å²) in [5.74, 6) is 0.430. The van der Waals surface area contributed by atoms with Gasteiger partial charge in [0.05, 0.1) is 22.0 Å². The van der Waals surface area contributed by atoms with Crippen LogP contribution in [0.1, 0.15) is 25.0 Å². The molecule has 0 N–H and O–H groups in total. The summed E-state index contributed by atoms with van der Waals surface area (Å²) in [6.45, 7) is 4.11. The van der Waals surface area contributed by atoms with Crippen molar-refractivity contribution in [2.75, 3.05) is 0 Å². The molecule has 27 heavy (non-hydrogen) atoms. The number of thioether (sulfide) groups is 1. The third-order valence-electron chi connectivity index (χ3n) is 3.72. The Morgan fingerprint density at radius 3 is 2.67 bits per heavy atom. The van der Waals surface area contributed by atoms with E-state index in [9.17, 15) is 9.59 Å².